The van der Waals surface area contributed by atoms with Crippen molar-refractivity contribution in [3.05, 3.63) is 0 Å². The first-order valence-electron chi connectivity index (χ1n) is 31.0. The molecule has 30 atom stereocenters. The molecule has 0 aromatic rings. The molecular weight excluding hydrogens is 1510 g/mol. The third-order valence-electron chi connectivity index (χ3n) is 17.2. The summed E-state index contributed by atoms with van der Waals surface area (Å²) in [5.74, 6) is 0. The fourth-order valence-corrected chi connectivity index (χ4v) is 15.2. The Morgan fingerprint density at radius 3 is 0.382 bits per heavy atom. The number of methoxy groups -OCH3 is 12. The van der Waals surface area contributed by atoms with Gasteiger partial charge in [0.15, 0.2) is 37.7 Å². The molecule has 48 heteroatoms. The highest BCUT2D eigenvalue weighted by molar-refractivity contribution is 7.87. The fraction of sp³-hybridized carbons (Fsp3) is 1.00. The highest BCUT2D eigenvalue weighted by Gasteiger charge is 2.62. The van der Waals surface area contributed by atoms with Crippen molar-refractivity contribution >= 4 is 60.7 Å². The average Bonchev–Trinajstić information content (AvgIpc) is 0.765. The van der Waals surface area contributed by atoms with Gasteiger partial charge in [0.2, 0.25) is 0 Å². The van der Waals surface area contributed by atoms with Gasteiger partial charge in [0, 0.05) is 85.3 Å². The molecule has 0 spiro atoms. The third-order valence-corrected chi connectivity index (χ3v) is 20.6. The van der Waals surface area contributed by atoms with E-state index in [9.17, 15) is 50.5 Å². The molecule has 22 aliphatic rings. The zero-order valence-electron chi connectivity index (χ0n) is 59.2. The lowest BCUT2D eigenvalue weighted by atomic mass is 9.94. The summed E-state index contributed by atoms with van der Waals surface area (Å²) in [4.78, 5) is 0. The van der Waals surface area contributed by atoms with E-state index in [4.69, 9.17) is 139 Å². The minimum Gasteiger partial charge on any atom is -0.376 e. The normalized spacial score (nSPS) is 41.0. The summed E-state index contributed by atoms with van der Waals surface area (Å²) in [5, 5.41) is 0. The van der Waals surface area contributed by atoms with Crippen LogP contribution in [0.15, 0.2) is 0 Å². The Kier molecular flexibility index (Phi) is 32.2. The van der Waals surface area contributed by atoms with Crippen molar-refractivity contribution in [1.29, 1.82) is 0 Å². The Morgan fingerprint density at radius 2 is 0.294 bits per heavy atom. The van der Waals surface area contributed by atoms with Crippen molar-refractivity contribution in [2.45, 2.75) is 184 Å². The van der Waals surface area contributed by atoms with Crippen LogP contribution in [0.5, 0.6) is 0 Å². The predicted molar refractivity (Wildman–Crippen MR) is 336 cm³/mol. The summed E-state index contributed by atoms with van der Waals surface area (Å²) < 4.78 is 340. The van der Waals surface area contributed by atoms with Crippen LogP contribution in [-0.2, 0) is 199 Å². The fourth-order valence-electron chi connectivity index (χ4n) is 12.9. The summed E-state index contributed by atoms with van der Waals surface area (Å²) >= 11 is 0. The molecule has 22 saturated heterocycles. The average molecular weight is 1610 g/mol. The number of hydrogen-bond donors (Lipinski definition) is 0. The molecule has 102 heavy (non-hydrogen) atoms. The highest BCUT2D eigenvalue weighted by atomic mass is 32.2. The first kappa shape index (κ1) is 87.7. The lowest BCUT2D eigenvalue weighted by molar-refractivity contribution is -0.408. The molecule has 0 saturated carbocycles. The van der Waals surface area contributed by atoms with E-state index in [1.165, 1.54) is 85.3 Å². The molecule has 12 bridgehead atoms. The lowest BCUT2D eigenvalue weighted by Crippen LogP contribution is -2.70. The van der Waals surface area contributed by atoms with E-state index < -0.39 is 285 Å². The van der Waals surface area contributed by atoms with E-state index in [0.29, 0.717) is 0 Å². The molecule has 0 N–H and O–H groups in total. The predicted octanol–water partition coefficient (Wildman–Crippen LogP) is -5.30. The Labute approximate surface area is 593 Å². The van der Waals surface area contributed by atoms with E-state index in [1.54, 1.807) is 0 Å². The van der Waals surface area contributed by atoms with Crippen molar-refractivity contribution in [3.63, 3.8) is 0 Å². The van der Waals surface area contributed by atoms with Crippen molar-refractivity contribution in [1.82, 2.24) is 0 Å². The molecule has 0 amide bonds. The maximum absolute atomic E-state index is 12.9. The van der Waals surface area contributed by atoms with E-state index in [0.717, 1.165) is 37.5 Å². The van der Waals surface area contributed by atoms with Gasteiger partial charge in [-0.05, 0) is 0 Å². The molecule has 0 aromatic heterocycles. The van der Waals surface area contributed by atoms with E-state index in [2.05, 4.69) is 0 Å². The monoisotopic (exact) mass is 1610 g/mol. The van der Waals surface area contributed by atoms with Crippen LogP contribution < -0.4 is 0 Å². The van der Waals surface area contributed by atoms with Crippen LogP contribution in [0.3, 0.4) is 0 Å². The third kappa shape index (κ3) is 22.8. The Morgan fingerprint density at radius 1 is 0.186 bits per heavy atom. The molecule has 22 fully saturated rings. The second kappa shape index (κ2) is 37.5. The molecule has 22 rings (SSSR count). The molecule has 42 nitrogen and oxygen atoms in total. The zero-order valence-corrected chi connectivity index (χ0v) is 64.1. The minimum absolute atomic E-state index is 0.745. The van der Waals surface area contributed by atoms with Crippen LogP contribution in [0.1, 0.15) is 0 Å². The molecule has 30 unspecified atom stereocenters. The standard InChI is InChI=1S/C54H96O42S6/c1-67-37-31-25(19-79-97(13,55)56)85-49(43(37)73-7)92-32-26(20-80-98(14,57)58)87-51(45(75-9)38(32)68-2)94-34-28(22-82-100(16,61)62)89-53(47(77-11)40(34)70-4)96-36-30(24-84-102(18,65)66)90-54(48(78-12)42(36)72-6)95-35-29(23-83-101(17,63)64)88-52(46(76-10)41(35)71-5)93-33-27(21-81-99(15,59)60)86-50(91-31)44(74-8)39(33)69-3/h25-54H,19-24H2,1-18H3. The van der Waals surface area contributed by atoms with Crippen LogP contribution >= 0.6 is 0 Å². The van der Waals surface area contributed by atoms with Crippen LogP contribution in [0, 0.1) is 0 Å². The van der Waals surface area contributed by atoms with Gasteiger partial charge in [0.05, 0.1) is 77.2 Å². The van der Waals surface area contributed by atoms with Gasteiger partial charge < -0.3 is 114 Å². The largest absolute Gasteiger partial charge is 0.376 e. The van der Waals surface area contributed by atoms with Gasteiger partial charge in [-0.3, -0.25) is 25.1 Å². The van der Waals surface area contributed by atoms with Crippen molar-refractivity contribution in [2.75, 3.05) is 162 Å². The number of ether oxygens (including phenoxy) is 24. The van der Waals surface area contributed by atoms with Gasteiger partial charge in [-0.15, -0.1) is 0 Å². The zero-order chi connectivity index (χ0) is 75.8. The quantitative estimate of drug-likeness (QED) is 0.0606. The smallest absolute Gasteiger partial charge is 0.264 e. The number of hydrogen-bond acceptors (Lipinski definition) is 42. The molecule has 22 aliphatic heterocycles. The van der Waals surface area contributed by atoms with Gasteiger partial charge in [0.25, 0.3) is 60.7 Å². The van der Waals surface area contributed by atoms with Crippen molar-refractivity contribution < 1.29 is 189 Å². The Balaban J connectivity index is 1.46. The van der Waals surface area contributed by atoms with Gasteiger partial charge in [-0.25, -0.2) is 0 Å². The summed E-state index contributed by atoms with van der Waals surface area (Å²) in [6.07, 6.45) is -43.3. The second-order valence-electron chi connectivity index (χ2n) is 24.2. The Bertz CT molecular complexity index is 2760. The summed E-state index contributed by atoms with van der Waals surface area (Å²) in [6.45, 7) is -5.27. The molecule has 600 valence electrons. The first-order chi connectivity index (χ1) is 47.8. The molecule has 0 aromatic carbocycles. The SMILES string of the molecule is COC1C2OC(COS(C)(=O)=O)C(OC3OC(COS(C)(=O)=O)C(OC4OC(COS(C)(=O)=O)C(OC5OC(COS(C)(=O)=O)C(OC6OC(COS(C)(=O)=O)C(OC7OC(COS(C)(=O)=O)C(O2)C(OC)C7OC)C(OC)C6OC)C(OC)C5OC)C(OC)C4OC)C(OC)C3OC)C1OC. The van der Waals surface area contributed by atoms with E-state index in [-0.39, 0.29) is 0 Å². The summed E-state index contributed by atoms with van der Waals surface area (Å²) in [5.41, 5.74) is 0. The first-order valence-corrected chi connectivity index (χ1v) is 41.9. The van der Waals surface area contributed by atoms with Gasteiger partial charge in [-0.1, -0.05) is 0 Å². The van der Waals surface area contributed by atoms with Gasteiger partial charge in [-0.2, -0.15) is 50.5 Å². The van der Waals surface area contributed by atoms with Gasteiger partial charge >= 0.3 is 0 Å². The summed E-state index contributed by atoms with van der Waals surface area (Å²) in [6, 6.07) is 0. The molecule has 22 heterocycles. The van der Waals surface area contributed by atoms with Crippen LogP contribution in [-0.4, -0.2) is 397 Å². The number of rotatable bonds is 30. The van der Waals surface area contributed by atoms with Crippen molar-refractivity contribution in [3.8, 4) is 0 Å². The van der Waals surface area contributed by atoms with Crippen LogP contribution in [0.25, 0.3) is 0 Å². The maximum Gasteiger partial charge on any atom is 0.264 e. The minimum atomic E-state index is -4.35. The molecule has 0 radical (unpaired) electrons. The van der Waals surface area contributed by atoms with Crippen LogP contribution in [0.2, 0.25) is 0 Å². The maximum atomic E-state index is 12.9. The van der Waals surface area contributed by atoms with Crippen LogP contribution in [0.4, 0.5) is 0 Å². The molecular formula is C54H96O42S6. The molecule has 0 aliphatic carbocycles. The van der Waals surface area contributed by atoms with E-state index in [1.807, 2.05) is 0 Å². The lowest BCUT2D eigenvalue weighted by Gasteiger charge is -2.53. The second-order valence-corrected chi connectivity index (χ2v) is 34.1. The Hall–Kier alpha value is -1.50. The van der Waals surface area contributed by atoms with Gasteiger partial charge in [0.1, 0.15) is 146 Å². The van der Waals surface area contributed by atoms with E-state index >= 15 is 0 Å². The highest BCUT2D eigenvalue weighted by Crippen LogP contribution is 2.43. The van der Waals surface area contributed by atoms with Crippen molar-refractivity contribution in [2.24, 2.45) is 0 Å². The topological polar surface area (TPSA) is 482 Å². The summed E-state index contributed by atoms with van der Waals surface area (Å²) in [7, 11) is -11.5.